The highest BCUT2D eigenvalue weighted by molar-refractivity contribution is 6.46. The highest BCUT2D eigenvalue weighted by Gasteiger charge is 2.35. The molecular formula is C20H2F10N4. The van der Waals surface area contributed by atoms with Gasteiger partial charge in [0.1, 0.15) is 0 Å². The van der Waals surface area contributed by atoms with Gasteiger partial charge in [-0.25, -0.2) is 43.9 Å². The Balaban J connectivity index is 2.42. The molecule has 0 aromatic heterocycles. The number of benzene rings is 2. The lowest BCUT2D eigenvalue weighted by molar-refractivity contribution is 0.376. The molecule has 0 spiro atoms. The highest BCUT2D eigenvalue weighted by Crippen LogP contribution is 2.36. The second kappa shape index (κ2) is 8.82. The number of hydrogen-bond acceptors (Lipinski definition) is 3. The van der Waals surface area contributed by atoms with E-state index < -0.39 is 91.9 Å². The van der Waals surface area contributed by atoms with Crippen LogP contribution in [0.1, 0.15) is 11.1 Å². The van der Waals surface area contributed by atoms with Crippen LogP contribution in [0.4, 0.5) is 43.9 Å². The van der Waals surface area contributed by atoms with Crippen LogP contribution in [0.15, 0.2) is 22.2 Å². The molecular weight excluding hydrogens is 486 g/mol. The van der Waals surface area contributed by atoms with Crippen LogP contribution in [0.25, 0.3) is 16.1 Å². The molecule has 34 heavy (non-hydrogen) atoms. The van der Waals surface area contributed by atoms with Gasteiger partial charge in [-0.15, -0.1) is 4.95 Å². The Bertz CT molecular complexity index is 1300. The number of aliphatic imine (C=N–C) groups is 1. The first-order valence-corrected chi connectivity index (χ1v) is 8.36. The molecule has 0 heterocycles. The molecule has 14 heteroatoms. The van der Waals surface area contributed by atoms with E-state index in [0.717, 1.165) is 6.19 Å². The fourth-order valence-corrected chi connectivity index (χ4v) is 2.94. The summed E-state index contributed by atoms with van der Waals surface area (Å²) in [6.07, 6.45) is 1.76. The molecule has 0 bridgehead atoms. The van der Waals surface area contributed by atoms with Crippen molar-refractivity contribution in [3.63, 3.8) is 0 Å². The van der Waals surface area contributed by atoms with Crippen molar-refractivity contribution in [1.82, 2.24) is 0 Å². The number of hydrogen-bond donors (Lipinski definition) is 0. The van der Waals surface area contributed by atoms with Gasteiger partial charge < -0.3 is 0 Å². The van der Waals surface area contributed by atoms with Gasteiger partial charge in [0.25, 0.3) is 0 Å². The molecule has 0 unspecified atom stereocenters. The number of rotatable bonds is 2. The number of halogens is 10. The zero-order chi connectivity index (χ0) is 25.5. The molecule has 2 aromatic carbocycles. The fourth-order valence-electron chi connectivity index (χ4n) is 2.94. The average molecular weight is 488 g/mol. The first-order chi connectivity index (χ1) is 16.0. The van der Waals surface area contributed by atoms with Gasteiger partial charge >= 0.3 is 0 Å². The topological polar surface area (TPSA) is 52.9 Å². The maximum atomic E-state index is 14.3. The molecule has 0 atom stereocenters. The molecule has 0 aliphatic heterocycles. The maximum Gasteiger partial charge on any atom is 0.206 e. The van der Waals surface area contributed by atoms with Crippen LogP contribution in [0.5, 0.6) is 0 Å². The lowest BCUT2D eigenvalue weighted by Crippen LogP contribution is -2.18. The standard InChI is InChI=1S/C20H2F10N4/c1-32-34-8-3-5(9-11(21)15(25)19(29)16(26)12(9)22)7(33-4-31)2-6(8)10-13(23)17(27)20(30)18(28)14(10)24/h2-3H. The Morgan fingerprint density at radius 1 is 0.588 bits per heavy atom. The molecule has 2 aromatic rings. The molecule has 0 saturated heterocycles. The molecule has 0 saturated carbocycles. The monoisotopic (exact) mass is 488 g/mol. The molecule has 3 rings (SSSR count). The summed E-state index contributed by atoms with van der Waals surface area (Å²) in [4.78, 5) is 5.56. The van der Waals surface area contributed by atoms with Crippen LogP contribution in [-0.2, 0) is 0 Å². The van der Waals surface area contributed by atoms with E-state index in [2.05, 4.69) is 15.0 Å². The zero-order valence-electron chi connectivity index (χ0n) is 15.7. The second-order valence-corrected chi connectivity index (χ2v) is 6.19. The van der Waals surface area contributed by atoms with Gasteiger partial charge in [0, 0.05) is 11.1 Å². The minimum Gasteiger partial charge on any atom is -0.203 e. The van der Waals surface area contributed by atoms with E-state index in [0.29, 0.717) is 12.2 Å². The third-order valence-electron chi connectivity index (χ3n) is 4.40. The molecule has 0 fully saturated rings. The van der Waals surface area contributed by atoms with Gasteiger partial charge in [0.05, 0.1) is 21.9 Å². The van der Waals surface area contributed by atoms with Crippen LogP contribution in [0.2, 0.25) is 0 Å². The van der Waals surface area contributed by atoms with E-state index >= 15 is 0 Å². The molecule has 0 amide bonds. The number of nitriles is 1. The van der Waals surface area contributed by atoms with Crippen LogP contribution in [0.3, 0.4) is 0 Å². The minimum absolute atomic E-state index is 0.332. The summed E-state index contributed by atoms with van der Waals surface area (Å²) >= 11 is 0. The molecule has 0 N–H and O–H groups in total. The van der Waals surface area contributed by atoms with E-state index in [4.69, 9.17) is 11.8 Å². The van der Waals surface area contributed by atoms with Gasteiger partial charge in [-0.3, -0.25) is 0 Å². The quantitative estimate of drug-likeness (QED) is 0.101. The van der Waals surface area contributed by atoms with Crippen LogP contribution < -0.4 is 0 Å². The third-order valence-corrected chi connectivity index (χ3v) is 4.40. The normalized spacial score (nSPS) is 15.8. The smallest absolute Gasteiger partial charge is 0.203 e. The molecule has 0 radical (unpaired) electrons. The Hall–Kier alpha value is -4.46. The zero-order valence-corrected chi connectivity index (χ0v) is 15.7. The number of nitrogens with zero attached hydrogens (tertiary/aromatic N) is 4. The predicted molar refractivity (Wildman–Crippen MR) is 95.5 cm³/mol. The molecule has 1 aliphatic carbocycles. The van der Waals surface area contributed by atoms with Gasteiger partial charge in [0.15, 0.2) is 52.2 Å². The van der Waals surface area contributed by atoms with Crippen molar-refractivity contribution in [1.29, 1.82) is 5.26 Å². The third kappa shape index (κ3) is 3.59. The van der Waals surface area contributed by atoms with Crippen LogP contribution >= 0.6 is 0 Å². The number of allylic oxidation sites excluding steroid dienone is 4. The van der Waals surface area contributed by atoms with Crippen molar-refractivity contribution < 1.29 is 43.9 Å². The van der Waals surface area contributed by atoms with E-state index in [1.54, 1.807) is 0 Å². The summed E-state index contributed by atoms with van der Waals surface area (Å²) in [6.45, 7) is 6.79. The summed E-state index contributed by atoms with van der Waals surface area (Å²) < 4.78 is 139. The van der Waals surface area contributed by atoms with Crippen molar-refractivity contribution in [2.45, 2.75) is 0 Å². The van der Waals surface area contributed by atoms with Crippen molar-refractivity contribution in [2.75, 3.05) is 0 Å². The highest BCUT2D eigenvalue weighted by atomic mass is 19.2. The van der Waals surface area contributed by atoms with Gasteiger partial charge in [-0.2, -0.15) is 16.8 Å². The Morgan fingerprint density at radius 2 is 0.912 bits per heavy atom. The lowest BCUT2D eigenvalue weighted by atomic mass is 9.86. The molecule has 4 nitrogen and oxygen atoms in total. The van der Waals surface area contributed by atoms with Gasteiger partial charge in [0.2, 0.25) is 17.8 Å². The largest absolute Gasteiger partial charge is 0.206 e. The maximum absolute atomic E-state index is 14.3. The minimum atomic E-state index is -2.53. The predicted octanol–water partition coefficient (Wildman–Crippen LogP) is 5.76. The fraction of sp³-hybridized carbons (Fsp3) is 0. The van der Waals surface area contributed by atoms with Gasteiger partial charge in [-0.05, 0) is 12.2 Å². The van der Waals surface area contributed by atoms with Crippen molar-refractivity contribution >= 4 is 22.6 Å². The summed E-state index contributed by atoms with van der Waals surface area (Å²) in [5, 5.41) is 11.9. The van der Waals surface area contributed by atoms with E-state index in [1.165, 1.54) is 0 Å². The Kier molecular flexibility index (Phi) is 6.27. The average Bonchev–Trinajstić information content (AvgIpc) is 2.81. The first kappa shape index (κ1) is 24.2. The molecule has 172 valence electrons. The summed E-state index contributed by atoms with van der Waals surface area (Å²) in [6, 6.07) is 0. The van der Waals surface area contributed by atoms with Crippen molar-refractivity contribution in [3.8, 4) is 6.19 Å². The Morgan fingerprint density at radius 3 is 1.26 bits per heavy atom. The van der Waals surface area contributed by atoms with Crippen LogP contribution in [-0.4, -0.2) is 11.4 Å². The van der Waals surface area contributed by atoms with Crippen molar-refractivity contribution in [3.05, 3.63) is 93.0 Å². The summed E-state index contributed by atoms with van der Waals surface area (Å²) in [5.41, 5.74) is -7.45. The summed E-state index contributed by atoms with van der Waals surface area (Å²) in [5.74, 6) is -24.2. The second-order valence-electron chi connectivity index (χ2n) is 6.19. The van der Waals surface area contributed by atoms with Gasteiger partial charge in [-0.1, -0.05) is 0 Å². The van der Waals surface area contributed by atoms with E-state index in [9.17, 15) is 43.9 Å². The summed E-state index contributed by atoms with van der Waals surface area (Å²) in [7, 11) is 0. The Labute approximate surface area is 181 Å². The molecule has 1 aliphatic rings. The van der Waals surface area contributed by atoms with Crippen molar-refractivity contribution in [2.24, 2.45) is 10.1 Å². The first-order valence-electron chi connectivity index (χ1n) is 8.36. The van der Waals surface area contributed by atoms with E-state index in [1.807, 2.05) is 0 Å². The lowest BCUT2D eigenvalue weighted by Gasteiger charge is -2.18. The van der Waals surface area contributed by atoms with E-state index in [-0.39, 0.29) is 0 Å². The SMILES string of the molecule is [C-]#[N+]N=C1C=C(c2c(F)c(F)c(F)c(F)c2F)C(=NC#N)C=C1c1c(F)c(F)c(F)c(F)c1F. The van der Waals surface area contributed by atoms with Crippen LogP contribution in [0, 0.1) is 76.2 Å².